The predicted molar refractivity (Wildman–Crippen MR) is 122 cm³/mol. The summed E-state index contributed by atoms with van der Waals surface area (Å²) in [6.45, 7) is 18.4. The monoisotopic (exact) mass is 482 g/mol. The zero-order valence-corrected chi connectivity index (χ0v) is 22.0. The Bertz CT molecular complexity index is 888. The Balaban J connectivity index is 2.67. The number of hydroxylamine groups is 2. The minimum absolute atomic E-state index is 0.0413. The molecule has 1 fully saturated rings. The van der Waals surface area contributed by atoms with Crippen molar-refractivity contribution in [1.82, 2.24) is 10.4 Å². The maximum absolute atomic E-state index is 13.4. The summed E-state index contributed by atoms with van der Waals surface area (Å²) in [7, 11) is 0. The van der Waals surface area contributed by atoms with E-state index in [9.17, 15) is 19.2 Å². The van der Waals surface area contributed by atoms with Crippen LogP contribution < -0.4 is 5.32 Å². The van der Waals surface area contributed by atoms with Crippen molar-refractivity contribution in [3.05, 3.63) is 11.3 Å². The molecule has 2 rings (SSSR count). The van der Waals surface area contributed by atoms with E-state index in [1.54, 1.807) is 69.2 Å². The van der Waals surface area contributed by atoms with Crippen molar-refractivity contribution in [2.45, 2.75) is 105 Å². The molecule has 10 nitrogen and oxygen atoms in total. The lowest BCUT2D eigenvalue weighted by molar-refractivity contribution is -0.251. The van der Waals surface area contributed by atoms with Crippen LogP contribution in [0, 0.1) is 11.8 Å². The van der Waals surface area contributed by atoms with Crippen molar-refractivity contribution in [1.29, 1.82) is 0 Å². The molecule has 0 aromatic heterocycles. The third-order valence-electron chi connectivity index (χ3n) is 4.92. The summed E-state index contributed by atoms with van der Waals surface area (Å²) in [4.78, 5) is 57.3. The Kier molecular flexibility index (Phi) is 7.48. The molecule has 0 unspecified atom stereocenters. The van der Waals surface area contributed by atoms with E-state index in [0.29, 0.717) is 0 Å². The smallest absolute Gasteiger partial charge is 0.439 e. The lowest BCUT2D eigenvalue weighted by Crippen LogP contribution is -2.66. The second-order valence-electron chi connectivity index (χ2n) is 11.7. The first-order valence-corrected chi connectivity index (χ1v) is 11.4. The average Bonchev–Trinajstić information content (AvgIpc) is 2.53. The van der Waals surface area contributed by atoms with Crippen LogP contribution in [0.1, 0.15) is 76.2 Å². The molecule has 34 heavy (non-hydrogen) atoms. The lowest BCUT2D eigenvalue weighted by atomic mass is 9.72. The van der Waals surface area contributed by atoms with Gasteiger partial charge in [-0.15, -0.1) is 0 Å². The number of fused-ring (bicyclic) bond motifs is 1. The number of carbonyl (C=O) groups is 4. The summed E-state index contributed by atoms with van der Waals surface area (Å²) in [5, 5.41) is 3.64. The van der Waals surface area contributed by atoms with Crippen LogP contribution in [-0.4, -0.2) is 58.0 Å². The molecule has 1 N–H and O–H groups in total. The molecule has 1 heterocycles. The van der Waals surface area contributed by atoms with Crippen molar-refractivity contribution in [2.24, 2.45) is 11.8 Å². The number of nitrogens with one attached hydrogen (secondary N) is 1. The second-order valence-corrected chi connectivity index (χ2v) is 11.7. The van der Waals surface area contributed by atoms with Crippen LogP contribution in [0.3, 0.4) is 0 Å². The lowest BCUT2D eigenvalue weighted by Gasteiger charge is -2.51. The van der Waals surface area contributed by atoms with Gasteiger partial charge < -0.3 is 19.5 Å². The van der Waals surface area contributed by atoms with Crippen LogP contribution in [0.4, 0.5) is 4.79 Å². The molecular weight excluding hydrogens is 444 g/mol. The van der Waals surface area contributed by atoms with Crippen molar-refractivity contribution in [3.63, 3.8) is 0 Å². The summed E-state index contributed by atoms with van der Waals surface area (Å²) in [6.07, 6.45) is -1.70. The number of carbonyl (C=O) groups excluding carboxylic acids is 4. The molecule has 0 aromatic carbocycles. The Morgan fingerprint density at radius 1 is 0.853 bits per heavy atom. The van der Waals surface area contributed by atoms with Crippen molar-refractivity contribution < 1.29 is 38.2 Å². The number of esters is 2. The van der Waals surface area contributed by atoms with Crippen LogP contribution in [0.2, 0.25) is 0 Å². The molecule has 1 aliphatic heterocycles. The molecule has 1 aliphatic carbocycles. The van der Waals surface area contributed by atoms with Gasteiger partial charge >= 0.3 is 18.0 Å². The van der Waals surface area contributed by atoms with E-state index >= 15 is 0 Å². The van der Waals surface area contributed by atoms with Crippen LogP contribution in [0.15, 0.2) is 11.3 Å². The number of ether oxygens (including phenoxy) is 3. The van der Waals surface area contributed by atoms with Gasteiger partial charge in [-0.25, -0.2) is 9.59 Å². The van der Waals surface area contributed by atoms with E-state index in [1.807, 2.05) is 0 Å². The molecule has 4 atom stereocenters. The molecule has 0 saturated carbocycles. The van der Waals surface area contributed by atoms with Crippen LogP contribution in [0.5, 0.6) is 0 Å². The molecule has 0 spiro atoms. The first kappa shape index (κ1) is 27.6. The second kappa shape index (κ2) is 9.20. The van der Waals surface area contributed by atoms with Gasteiger partial charge in [-0.1, -0.05) is 6.92 Å². The minimum atomic E-state index is -1.12. The van der Waals surface area contributed by atoms with Gasteiger partial charge in [-0.05, 0) is 68.2 Å². The van der Waals surface area contributed by atoms with Crippen LogP contribution >= 0.6 is 0 Å². The topological polar surface area (TPSA) is 120 Å². The predicted octanol–water partition coefficient (Wildman–Crippen LogP) is 3.25. The van der Waals surface area contributed by atoms with E-state index in [1.165, 1.54) is 6.92 Å². The molecule has 192 valence electrons. The third kappa shape index (κ3) is 6.49. The van der Waals surface area contributed by atoms with E-state index in [0.717, 1.165) is 5.06 Å². The number of rotatable bonds is 3. The molecular formula is C24H38N2O8. The first-order chi connectivity index (χ1) is 15.2. The van der Waals surface area contributed by atoms with E-state index in [-0.39, 0.29) is 17.2 Å². The maximum atomic E-state index is 13.4. The van der Waals surface area contributed by atoms with Gasteiger partial charge in [-0.2, -0.15) is 5.06 Å². The Morgan fingerprint density at radius 3 is 1.79 bits per heavy atom. The van der Waals surface area contributed by atoms with Crippen molar-refractivity contribution >= 4 is 23.9 Å². The van der Waals surface area contributed by atoms with Crippen LogP contribution in [-0.2, 0) is 33.4 Å². The van der Waals surface area contributed by atoms with Crippen molar-refractivity contribution in [2.75, 3.05) is 0 Å². The van der Waals surface area contributed by atoms with Gasteiger partial charge in [0.25, 0.3) is 0 Å². The number of amides is 2. The van der Waals surface area contributed by atoms with Gasteiger partial charge in [0.05, 0.1) is 23.2 Å². The molecule has 1 saturated heterocycles. The normalized spacial score (nSPS) is 25.1. The van der Waals surface area contributed by atoms with E-state index in [2.05, 4.69) is 5.32 Å². The summed E-state index contributed by atoms with van der Waals surface area (Å²) in [5.41, 5.74) is -2.45. The standard InChI is InChI=1S/C24H38N2O8/c1-12-14(19(28)31-22(3,4)5)15(20(29)32-23(6,7)8)17-18(16(12)25-13(2)27)34-26(17)21(30)33-24(9,10)11/h12,14,16,18H,1-11H3,(H,25,27)/t12-,14-,16+,18+/m0/s1. The largest absolute Gasteiger partial charge is 0.459 e. The van der Waals surface area contributed by atoms with Crippen molar-refractivity contribution in [3.8, 4) is 0 Å². The molecule has 0 aromatic rings. The molecule has 0 radical (unpaired) electrons. The highest BCUT2D eigenvalue weighted by Crippen LogP contribution is 2.46. The van der Waals surface area contributed by atoms with Gasteiger partial charge in [0, 0.05) is 6.92 Å². The number of hydrogen-bond donors (Lipinski definition) is 1. The average molecular weight is 483 g/mol. The molecule has 2 aliphatic rings. The van der Waals surface area contributed by atoms with Gasteiger partial charge in [0.1, 0.15) is 22.9 Å². The van der Waals surface area contributed by atoms with Gasteiger partial charge in [0.15, 0.2) is 0 Å². The highest BCUT2D eigenvalue weighted by Gasteiger charge is 2.59. The van der Waals surface area contributed by atoms with Gasteiger partial charge in [0.2, 0.25) is 5.91 Å². The van der Waals surface area contributed by atoms with E-state index < -0.39 is 58.8 Å². The van der Waals surface area contributed by atoms with Crippen LogP contribution in [0.25, 0.3) is 0 Å². The molecule has 2 amide bonds. The molecule has 10 heteroatoms. The maximum Gasteiger partial charge on any atom is 0.439 e. The zero-order valence-electron chi connectivity index (χ0n) is 22.0. The first-order valence-electron chi connectivity index (χ1n) is 11.4. The summed E-state index contributed by atoms with van der Waals surface area (Å²) in [5.74, 6) is -3.51. The highest BCUT2D eigenvalue weighted by molar-refractivity contribution is 5.98. The summed E-state index contributed by atoms with van der Waals surface area (Å²) < 4.78 is 16.6. The quantitative estimate of drug-likeness (QED) is 0.481. The SMILES string of the molecule is CC(=O)N[C@@H]1[C@@H](C)[C@H](C(=O)OC(C)(C)C)C(C(=O)OC(C)(C)C)=C2[C@@H]1ON2C(=O)OC(C)(C)C. The highest BCUT2D eigenvalue weighted by atomic mass is 16.8. The third-order valence-corrected chi connectivity index (χ3v) is 4.92. The summed E-state index contributed by atoms with van der Waals surface area (Å²) >= 11 is 0. The fourth-order valence-electron chi connectivity index (χ4n) is 3.84. The Labute approximate surface area is 201 Å². The minimum Gasteiger partial charge on any atom is -0.459 e. The molecule has 0 bridgehead atoms. The Morgan fingerprint density at radius 2 is 1.35 bits per heavy atom. The fraction of sp³-hybridized carbons (Fsp3) is 0.750. The van der Waals surface area contributed by atoms with E-state index in [4.69, 9.17) is 19.0 Å². The number of hydrogen-bond acceptors (Lipinski definition) is 8. The number of nitrogens with zero attached hydrogens (tertiary/aromatic N) is 1. The fourth-order valence-corrected chi connectivity index (χ4v) is 3.84. The summed E-state index contributed by atoms with van der Waals surface area (Å²) in [6, 6.07) is -0.699. The van der Waals surface area contributed by atoms with Gasteiger partial charge in [-0.3, -0.25) is 14.4 Å². The Hall–Kier alpha value is -2.62. The zero-order chi connectivity index (χ0) is 26.4.